The summed E-state index contributed by atoms with van der Waals surface area (Å²) in [5, 5.41) is 0. The van der Waals surface area contributed by atoms with Crippen LogP contribution in [0.1, 0.15) is 0 Å². The van der Waals surface area contributed by atoms with Crippen molar-refractivity contribution in [1.82, 2.24) is 10.5 Å². The number of epoxide rings is 1. The number of anilines is 1. The molecule has 2 aromatic carbocycles. The fourth-order valence-electron chi connectivity index (χ4n) is 2.24. The van der Waals surface area contributed by atoms with Crippen molar-refractivity contribution in [3.05, 3.63) is 42.5 Å². The Morgan fingerprint density at radius 2 is 1.96 bits per heavy atom. The van der Waals surface area contributed by atoms with Crippen molar-refractivity contribution in [3.63, 3.8) is 0 Å². The van der Waals surface area contributed by atoms with Crippen LogP contribution in [0.2, 0.25) is 0 Å². The van der Waals surface area contributed by atoms with Gasteiger partial charge in [-0.2, -0.15) is 0 Å². The maximum atomic E-state index is 5.85. The van der Waals surface area contributed by atoms with Gasteiger partial charge in [-0.05, 0) is 36.4 Å². The van der Waals surface area contributed by atoms with Crippen molar-refractivity contribution in [2.45, 2.75) is 6.23 Å². The topological polar surface area (TPSA) is 63.1 Å². The fourth-order valence-corrected chi connectivity index (χ4v) is 2.24. The SMILES string of the molecule is CN(C)c1ccc(-c2nc3ccc(ON[C@H]4CO4)cc3o2)cc1. The van der Waals surface area contributed by atoms with Crippen molar-refractivity contribution >= 4 is 16.8 Å². The second-order valence-electron chi connectivity index (χ2n) is 5.63. The number of fused-ring (bicyclic) bond motifs is 1. The van der Waals surface area contributed by atoms with Crippen LogP contribution in [0, 0.1) is 0 Å². The number of ether oxygens (including phenoxy) is 1. The highest BCUT2D eigenvalue weighted by molar-refractivity contribution is 5.77. The molecule has 1 N–H and O–H groups in total. The molecule has 23 heavy (non-hydrogen) atoms. The molecular formula is C17H17N3O3. The average molecular weight is 311 g/mol. The Morgan fingerprint density at radius 3 is 2.65 bits per heavy atom. The van der Waals surface area contributed by atoms with Gasteiger partial charge >= 0.3 is 0 Å². The minimum Gasteiger partial charge on any atom is -0.436 e. The fraction of sp³-hybridized carbons (Fsp3) is 0.235. The number of rotatable bonds is 5. The van der Waals surface area contributed by atoms with E-state index in [4.69, 9.17) is 14.0 Å². The van der Waals surface area contributed by atoms with E-state index in [9.17, 15) is 0 Å². The normalized spacial score (nSPS) is 16.5. The smallest absolute Gasteiger partial charge is 0.227 e. The highest BCUT2D eigenvalue weighted by Gasteiger charge is 2.22. The number of nitrogens with one attached hydrogen (secondary N) is 1. The van der Waals surface area contributed by atoms with E-state index in [1.54, 1.807) is 0 Å². The zero-order valence-corrected chi connectivity index (χ0v) is 12.9. The van der Waals surface area contributed by atoms with Crippen molar-refractivity contribution in [1.29, 1.82) is 0 Å². The van der Waals surface area contributed by atoms with Crippen molar-refractivity contribution in [2.24, 2.45) is 0 Å². The maximum Gasteiger partial charge on any atom is 0.227 e. The number of benzene rings is 2. The molecule has 6 heteroatoms. The van der Waals surface area contributed by atoms with Gasteiger partial charge in [-0.25, -0.2) is 4.98 Å². The summed E-state index contributed by atoms with van der Waals surface area (Å²) in [6.07, 6.45) is -0.00815. The van der Waals surface area contributed by atoms with Gasteiger partial charge in [0.25, 0.3) is 0 Å². The molecule has 1 atom stereocenters. The molecule has 6 nitrogen and oxygen atoms in total. The molecule has 1 aliphatic rings. The summed E-state index contributed by atoms with van der Waals surface area (Å²) in [7, 11) is 4.02. The monoisotopic (exact) mass is 311 g/mol. The minimum absolute atomic E-state index is 0.00815. The van der Waals surface area contributed by atoms with E-state index in [1.165, 1.54) is 0 Å². The highest BCUT2D eigenvalue weighted by Crippen LogP contribution is 2.28. The molecule has 1 aromatic heterocycles. The second kappa shape index (κ2) is 5.57. The van der Waals surface area contributed by atoms with Crippen molar-refractivity contribution < 1.29 is 14.0 Å². The number of aromatic nitrogens is 1. The van der Waals surface area contributed by atoms with E-state index in [1.807, 2.05) is 56.6 Å². The molecule has 0 spiro atoms. The molecule has 4 rings (SSSR count). The van der Waals surface area contributed by atoms with Crippen LogP contribution in [-0.4, -0.2) is 31.9 Å². The lowest BCUT2D eigenvalue weighted by atomic mass is 10.2. The lowest BCUT2D eigenvalue weighted by molar-refractivity contribution is 0.146. The Morgan fingerprint density at radius 1 is 1.17 bits per heavy atom. The number of hydroxylamine groups is 1. The standard InChI is InChI=1S/C17H17N3O3/c1-20(2)12-5-3-11(4-6-12)17-18-14-8-7-13(9-15(14)22-17)23-19-16-10-21-16/h3-9,16,19H,10H2,1-2H3/t16-/m1/s1. The Hall–Kier alpha value is -2.57. The van der Waals surface area contributed by atoms with E-state index >= 15 is 0 Å². The minimum atomic E-state index is -0.00815. The molecule has 118 valence electrons. The number of hydrogen-bond donors (Lipinski definition) is 1. The van der Waals surface area contributed by atoms with Gasteiger partial charge in [-0.15, -0.1) is 5.48 Å². The van der Waals surface area contributed by atoms with E-state index in [0.29, 0.717) is 23.8 Å². The third-order valence-electron chi connectivity index (χ3n) is 3.63. The molecule has 0 saturated carbocycles. The van der Waals surface area contributed by atoms with Gasteiger partial charge in [-0.1, -0.05) is 0 Å². The first kappa shape index (κ1) is 14.0. The summed E-state index contributed by atoms with van der Waals surface area (Å²) < 4.78 is 10.9. The molecular weight excluding hydrogens is 294 g/mol. The van der Waals surface area contributed by atoms with E-state index in [2.05, 4.69) is 15.4 Å². The Balaban J connectivity index is 1.59. The van der Waals surface area contributed by atoms with Crippen LogP contribution in [0.4, 0.5) is 5.69 Å². The number of oxazole rings is 1. The lowest BCUT2D eigenvalue weighted by Crippen LogP contribution is -2.21. The summed E-state index contributed by atoms with van der Waals surface area (Å²) in [6, 6.07) is 13.6. The molecule has 0 amide bonds. The quantitative estimate of drug-likeness (QED) is 0.577. The van der Waals surface area contributed by atoms with Gasteiger partial charge in [0.05, 0.1) is 6.61 Å². The van der Waals surface area contributed by atoms with Crippen LogP contribution in [0.3, 0.4) is 0 Å². The highest BCUT2D eigenvalue weighted by atomic mass is 16.7. The van der Waals surface area contributed by atoms with Gasteiger partial charge in [0.1, 0.15) is 5.52 Å². The molecule has 0 radical (unpaired) electrons. The van der Waals surface area contributed by atoms with Crippen LogP contribution >= 0.6 is 0 Å². The van der Waals surface area contributed by atoms with Crippen LogP contribution in [0.15, 0.2) is 46.9 Å². The number of hydrogen-bond acceptors (Lipinski definition) is 6. The Bertz CT molecular complexity index is 823. The van der Waals surface area contributed by atoms with Crippen LogP contribution in [0.25, 0.3) is 22.6 Å². The molecule has 1 saturated heterocycles. The molecule has 0 aliphatic carbocycles. The lowest BCUT2D eigenvalue weighted by Gasteiger charge is -2.11. The molecule has 0 bridgehead atoms. The van der Waals surface area contributed by atoms with E-state index < -0.39 is 0 Å². The summed E-state index contributed by atoms with van der Waals surface area (Å²) in [5.41, 5.74) is 6.37. The molecule has 0 unspecified atom stereocenters. The van der Waals surface area contributed by atoms with Crippen LogP contribution < -0.4 is 15.2 Å². The van der Waals surface area contributed by atoms with E-state index in [-0.39, 0.29) is 6.23 Å². The summed E-state index contributed by atoms with van der Waals surface area (Å²) in [4.78, 5) is 12.0. The van der Waals surface area contributed by atoms with Crippen molar-refractivity contribution in [3.8, 4) is 17.2 Å². The summed E-state index contributed by atoms with van der Waals surface area (Å²) in [6.45, 7) is 0.678. The summed E-state index contributed by atoms with van der Waals surface area (Å²) >= 11 is 0. The first-order valence-electron chi connectivity index (χ1n) is 7.41. The predicted molar refractivity (Wildman–Crippen MR) is 87.3 cm³/mol. The number of nitrogens with zero attached hydrogens (tertiary/aromatic N) is 2. The van der Waals surface area contributed by atoms with Crippen LogP contribution in [-0.2, 0) is 4.74 Å². The second-order valence-corrected chi connectivity index (χ2v) is 5.63. The van der Waals surface area contributed by atoms with Gasteiger partial charge in [-0.3, -0.25) is 0 Å². The predicted octanol–water partition coefficient (Wildman–Crippen LogP) is 2.80. The average Bonchev–Trinajstić information content (AvgIpc) is 3.30. The Kier molecular flexibility index (Phi) is 3.40. The third kappa shape index (κ3) is 2.99. The first-order chi connectivity index (χ1) is 11.2. The van der Waals surface area contributed by atoms with Crippen LogP contribution in [0.5, 0.6) is 5.75 Å². The summed E-state index contributed by atoms with van der Waals surface area (Å²) in [5.74, 6) is 1.26. The molecule has 3 aromatic rings. The van der Waals surface area contributed by atoms with Gasteiger partial charge in [0.2, 0.25) is 5.89 Å². The third-order valence-corrected chi connectivity index (χ3v) is 3.63. The van der Waals surface area contributed by atoms with Gasteiger partial charge in [0.15, 0.2) is 17.6 Å². The van der Waals surface area contributed by atoms with Gasteiger partial charge in [0, 0.05) is 31.4 Å². The van der Waals surface area contributed by atoms with E-state index in [0.717, 1.165) is 16.8 Å². The Labute approximate surface area is 133 Å². The zero-order chi connectivity index (χ0) is 15.8. The molecule has 1 aliphatic heterocycles. The van der Waals surface area contributed by atoms with Gasteiger partial charge < -0.3 is 18.9 Å². The largest absolute Gasteiger partial charge is 0.436 e. The first-order valence-corrected chi connectivity index (χ1v) is 7.41. The zero-order valence-electron chi connectivity index (χ0n) is 12.9. The maximum absolute atomic E-state index is 5.85. The molecule has 2 heterocycles. The van der Waals surface area contributed by atoms with Crippen molar-refractivity contribution in [2.75, 3.05) is 25.6 Å². The molecule has 1 fully saturated rings.